The van der Waals surface area contributed by atoms with Crippen molar-refractivity contribution < 1.29 is 19.2 Å². The van der Waals surface area contributed by atoms with E-state index in [1.54, 1.807) is 7.05 Å². The summed E-state index contributed by atoms with van der Waals surface area (Å²) in [5.41, 5.74) is -0.163. The summed E-state index contributed by atoms with van der Waals surface area (Å²) in [5.74, 6) is -0.0914. The molecule has 0 unspecified atom stereocenters. The molecule has 7 heteroatoms. The van der Waals surface area contributed by atoms with Crippen molar-refractivity contribution in [3.8, 4) is 5.75 Å². The van der Waals surface area contributed by atoms with Crippen LogP contribution in [0.2, 0.25) is 0 Å². The molecule has 0 N–H and O–H groups in total. The third-order valence-corrected chi connectivity index (χ3v) is 2.85. The molecule has 0 aliphatic heterocycles. The number of nitrogens with zero attached hydrogens (tertiary/aromatic N) is 2. The number of carbonyl (C=O) groups excluding carboxylic acids is 2. The lowest BCUT2D eigenvalue weighted by molar-refractivity contribution is -0.384. The van der Waals surface area contributed by atoms with Crippen molar-refractivity contribution in [3.63, 3.8) is 0 Å². The molecular weight excluding hydrogens is 264 g/mol. The van der Waals surface area contributed by atoms with Gasteiger partial charge in [-0.1, -0.05) is 0 Å². The maximum absolute atomic E-state index is 11.7. The van der Waals surface area contributed by atoms with Crippen molar-refractivity contribution in [1.29, 1.82) is 0 Å². The molecule has 0 atom stereocenters. The zero-order chi connectivity index (χ0) is 15.3. The molecule has 0 aromatic heterocycles. The van der Waals surface area contributed by atoms with Gasteiger partial charge in [-0.25, -0.2) is 0 Å². The molecule has 0 radical (unpaired) electrons. The maximum atomic E-state index is 11.7. The first kappa shape index (κ1) is 15.6. The van der Waals surface area contributed by atoms with E-state index in [4.69, 9.17) is 4.74 Å². The largest absolute Gasteiger partial charge is 0.483 e. The highest BCUT2D eigenvalue weighted by atomic mass is 16.6. The fourth-order valence-corrected chi connectivity index (χ4v) is 1.40. The molecule has 1 rings (SSSR count). The van der Waals surface area contributed by atoms with Crippen molar-refractivity contribution in [2.24, 2.45) is 0 Å². The number of amides is 1. The molecule has 1 aromatic rings. The summed E-state index contributed by atoms with van der Waals surface area (Å²) in [5, 5.41) is 10.6. The van der Waals surface area contributed by atoms with Gasteiger partial charge in [-0.3, -0.25) is 19.7 Å². The summed E-state index contributed by atoms with van der Waals surface area (Å²) in [6.45, 7) is 3.49. The Balaban J connectivity index is 2.80. The minimum Gasteiger partial charge on any atom is -0.483 e. The van der Waals surface area contributed by atoms with Crippen LogP contribution in [0.15, 0.2) is 18.2 Å². The van der Waals surface area contributed by atoms with Gasteiger partial charge in [0.1, 0.15) is 5.75 Å². The average molecular weight is 280 g/mol. The predicted molar refractivity (Wildman–Crippen MR) is 71.9 cm³/mol. The molecule has 1 amide bonds. The van der Waals surface area contributed by atoms with Gasteiger partial charge in [0.25, 0.3) is 11.6 Å². The van der Waals surface area contributed by atoms with E-state index in [2.05, 4.69) is 0 Å². The summed E-state index contributed by atoms with van der Waals surface area (Å²) in [6.07, 6.45) is 0.457. The van der Waals surface area contributed by atoms with Crippen LogP contribution in [0.1, 0.15) is 24.2 Å². The molecule has 0 saturated carbocycles. The number of hydrogen-bond acceptors (Lipinski definition) is 5. The standard InChI is InChI=1S/C13H16N2O5/c1-9(2)14(3)13(17)8-20-12-5-4-11(15(18)19)6-10(12)7-16/h4-7,9H,8H2,1-3H3. The predicted octanol–water partition coefficient (Wildman–Crippen LogP) is 1.65. The van der Waals surface area contributed by atoms with Gasteiger partial charge in [-0.2, -0.15) is 0 Å². The molecule has 1 aromatic carbocycles. The Morgan fingerprint density at radius 1 is 1.50 bits per heavy atom. The zero-order valence-corrected chi connectivity index (χ0v) is 11.5. The van der Waals surface area contributed by atoms with Crippen molar-refractivity contribution in [2.75, 3.05) is 13.7 Å². The molecule has 0 heterocycles. The van der Waals surface area contributed by atoms with Gasteiger partial charge in [0.15, 0.2) is 12.9 Å². The molecule has 0 bridgehead atoms. The van der Waals surface area contributed by atoms with E-state index in [-0.39, 0.29) is 35.6 Å². The molecule has 0 aliphatic carbocycles. The monoisotopic (exact) mass is 280 g/mol. The highest BCUT2D eigenvalue weighted by Gasteiger charge is 2.15. The first-order valence-electron chi connectivity index (χ1n) is 5.99. The van der Waals surface area contributed by atoms with Crippen LogP contribution in [0.3, 0.4) is 0 Å². The average Bonchev–Trinajstić information content (AvgIpc) is 2.43. The number of aldehydes is 1. The molecule has 0 saturated heterocycles. The summed E-state index contributed by atoms with van der Waals surface area (Å²) in [7, 11) is 1.65. The minimum atomic E-state index is -0.603. The summed E-state index contributed by atoms with van der Waals surface area (Å²) in [4.78, 5) is 34.1. The number of nitro benzene ring substituents is 1. The van der Waals surface area contributed by atoms with Crippen LogP contribution in [-0.4, -0.2) is 41.7 Å². The molecule has 7 nitrogen and oxygen atoms in total. The minimum absolute atomic E-state index is 0.0357. The second-order valence-corrected chi connectivity index (χ2v) is 4.48. The number of rotatable bonds is 6. The van der Waals surface area contributed by atoms with Gasteiger partial charge in [0.05, 0.1) is 10.5 Å². The molecule has 20 heavy (non-hydrogen) atoms. The van der Waals surface area contributed by atoms with E-state index in [0.29, 0.717) is 6.29 Å². The van der Waals surface area contributed by atoms with Gasteiger partial charge in [-0.05, 0) is 19.9 Å². The first-order chi connectivity index (χ1) is 9.36. The van der Waals surface area contributed by atoms with Crippen LogP contribution in [0.5, 0.6) is 5.75 Å². The Morgan fingerprint density at radius 2 is 2.15 bits per heavy atom. The number of non-ortho nitro benzene ring substituents is 1. The smallest absolute Gasteiger partial charge is 0.270 e. The SMILES string of the molecule is CC(C)N(C)C(=O)COc1ccc([N+](=O)[O-])cc1C=O. The number of likely N-dealkylation sites (N-methyl/N-ethyl adjacent to an activating group) is 1. The second kappa shape index (κ2) is 6.65. The van der Waals surface area contributed by atoms with Crippen molar-refractivity contribution in [3.05, 3.63) is 33.9 Å². The Hall–Kier alpha value is -2.44. The summed E-state index contributed by atoms with van der Waals surface area (Å²) < 4.78 is 5.25. The molecule has 108 valence electrons. The number of carbonyl (C=O) groups is 2. The zero-order valence-electron chi connectivity index (χ0n) is 11.5. The lowest BCUT2D eigenvalue weighted by Crippen LogP contribution is -2.36. The van der Waals surface area contributed by atoms with Crippen molar-refractivity contribution in [1.82, 2.24) is 4.90 Å². The van der Waals surface area contributed by atoms with E-state index < -0.39 is 4.92 Å². The number of benzene rings is 1. The molecule has 0 spiro atoms. The third-order valence-electron chi connectivity index (χ3n) is 2.85. The topological polar surface area (TPSA) is 89.8 Å². The van der Waals surface area contributed by atoms with Crippen LogP contribution >= 0.6 is 0 Å². The Bertz CT molecular complexity index is 527. The Labute approximate surface area is 116 Å². The lowest BCUT2D eigenvalue weighted by atomic mass is 10.2. The van der Waals surface area contributed by atoms with Gasteiger partial charge in [0.2, 0.25) is 0 Å². The number of hydrogen-bond donors (Lipinski definition) is 0. The molecular formula is C13H16N2O5. The Kier molecular flexibility index (Phi) is 5.19. The van der Waals surface area contributed by atoms with Crippen molar-refractivity contribution >= 4 is 17.9 Å². The molecule has 0 fully saturated rings. The lowest BCUT2D eigenvalue weighted by Gasteiger charge is -2.21. The van der Waals surface area contributed by atoms with Crippen LogP contribution in [0, 0.1) is 10.1 Å². The van der Waals surface area contributed by atoms with Crippen LogP contribution in [0.4, 0.5) is 5.69 Å². The maximum Gasteiger partial charge on any atom is 0.270 e. The van der Waals surface area contributed by atoms with Crippen molar-refractivity contribution in [2.45, 2.75) is 19.9 Å². The van der Waals surface area contributed by atoms with Gasteiger partial charge in [0, 0.05) is 25.2 Å². The molecule has 0 aliphatic rings. The van der Waals surface area contributed by atoms with E-state index in [9.17, 15) is 19.7 Å². The Morgan fingerprint density at radius 3 is 2.65 bits per heavy atom. The third kappa shape index (κ3) is 3.78. The first-order valence-corrected chi connectivity index (χ1v) is 5.99. The van der Waals surface area contributed by atoms with E-state index in [0.717, 1.165) is 6.07 Å². The highest BCUT2D eigenvalue weighted by Crippen LogP contribution is 2.22. The second-order valence-electron chi connectivity index (χ2n) is 4.48. The van der Waals surface area contributed by atoms with E-state index in [1.165, 1.54) is 17.0 Å². The number of ether oxygens (including phenoxy) is 1. The normalized spacial score (nSPS) is 10.2. The fraction of sp³-hybridized carbons (Fsp3) is 0.385. The summed E-state index contributed by atoms with van der Waals surface area (Å²) >= 11 is 0. The summed E-state index contributed by atoms with van der Waals surface area (Å²) in [6, 6.07) is 3.68. The van der Waals surface area contributed by atoms with E-state index in [1.807, 2.05) is 13.8 Å². The fourth-order valence-electron chi connectivity index (χ4n) is 1.40. The van der Waals surface area contributed by atoms with Crippen LogP contribution < -0.4 is 4.74 Å². The highest BCUT2D eigenvalue weighted by molar-refractivity contribution is 5.82. The van der Waals surface area contributed by atoms with Crippen LogP contribution in [0.25, 0.3) is 0 Å². The van der Waals surface area contributed by atoms with Crippen LogP contribution in [-0.2, 0) is 4.79 Å². The number of nitro groups is 1. The van der Waals surface area contributed by atoms with Gasteiger partial charge in [-0.15, -0.1) is 0 Å². The van der Waals surface area contributed by atoms with Gasteiger partial charge >= 0.3 is 0 Å². The van der Waals surface area contributed by atoms with E-state index >= 15 is 0 Å². The van der Waals surface area contributed by atoms with Gasteiger partial charge < -0.3 is 9.64 Å². The quantitative estimate of drug-likeness (QED) is 0.449.